The number of ether oxygens (including phenoxy) is 2. The summed E-state index contributed by atoms with van der Waals surface area (Å²) in [4.78, 5) is 16.8. The monoisotopic (exact) mass is 423 g/mol. The highest BCUT2D eigenvalue weighted by molar-refractivity contribution is 5.97. The van der Waals surface area contributed by atoms with Crippen LogP contribution in [-0.4, -0.2) is 67.1 Å². The van der Waals surface area contributed by atoms with Gasteiger partial charge in [-0.05, 0) is 37.8 Å². The van der Waals surface area contributed by atoms with Crippen LogP contribution in [0.5, 0.6) is 5.88 Å². The molecule has 1 aliphatic rings. The van der Waals surface area contributed by atoms with Crippen molar-refractivity contribution >= 4 is 22.6 Å². The van der Waals surface area contributed by atoms with Crippen LogP contribution in [0.2, 0.25) is 0 Å². The summed E-state index contributed by atoms with van der Waals surface area (Å²) in [5, 5.41) is 17.4. The van der Waals surface area contributed by atoms with Gasteiger partial charge >= 0.3 is 0 Å². The molecular formula is C21H25N7O3. The number of nitrogens with zero attached hydrogens (tertiary/aromatic N) is 5. The average Bonchev–Trinajstić information content (AvgIpc) is 3.44. The normalized spacial score (nSPS) is 19.2. The summed E-state index contributed by atoms with van der Waals surface area (Å²) in [5.41, 5.74) is 3.41. The number of fused-ring (bicyclic) bond motifs is 2. The zero-order valence-electron chi connectivity index (χ0n) is 17.3. The van der Waals surface area contributed by atoms with Crippen molar-refractivity contribution in [3.63, 3.8) is 0 Å². The lowest BCUT2D eigenvalue weighted by Gasteiger charge is -2.29. The highest BCUT2D eigenvalue weighted by atomic mass is 16.5. The molecule has 0 amide bonds. The van der Waals surface area contributed by atoms with E-state index < -0.39 is 0 Å². The predicted molar refractivity (Wildman–Crippen MR) is 115 cm³/mol. The highest BCUT2D eigenvalue weighted by Gasteiger charge is 2.23. The number of rotatable bonds is 7. The fourth-order valence-electron chi connectivity index (χ4n) is 4.19. The van der Waals surface area contributed by atoms with Crippen molar-refractivity contribution in [2.45, 2.75) is 37.8 Å². The zero-order valence-corrected chi connectivity index (χ0v) is 17.3. The van der Waals surface area contributed by atoms with Gasteiger partial charge in [-0.2, -0.15) is 15.1 Å². The molecule has 4 aromatic heterocycles. The van der Waals surface area contributed by atoms with E-state index in [-0.39, 0.29) is 18.8 Å². The minimum atomic E-state index is 0.0661. The third-order valence-electron chi connectivity index (χ3n) is 5.73. The molecule has 0 saturated heterocycles. The Labute approximate surface area is 178 Å². The van der Waals surface area contributed by atoms with E-state index in [9.17, 15) is 0 Å². The molecule has 4 aromatic rings. The SMILES string of the molecule is COc1nc(NC2CCC(OCCO)CC2)nc2[nH]cc(-c3ccc4ncnn4c3)c12. The van der Waals surface area contributed by atoms with Gasteiger partial charge in [0.15, 0.2) is 5.65 Å². The third-order valence-corrected chi connectivity index (χ3v) is 5.73. The first kappa shape index (κ1) is 19.7. The summed E-state index contributed by atoms with van der Waals surface area (Å²) in [6.45, 7) is 0.468. The van der Waals surface area contributed by atoms with E-state index in [2.05, 4.69) is 30.4 Å². The topological polar surface area (TPSA) is 122 Å². The summed E-state index contributed by atoms with van der Waals surface area (Å²) < 4.78 is 13.0. The van der Waals surface area contributed by atoms with E-state index >= 15 is 0 Å². The van der Waals surface area contributed by atoms with Crippen LogP contribution in [0.4, 0.5) is 5.95 Å². The van der Waals surface area contributed by atoms with Crippen molar-refractivity contribution in [2.75, 3.05) is 25.6 Å². The predicted octanol–water partition coefficient (Wildman–Crippen LogP) is 2.41. The molecule has 10 heteroatoms. The number of aliphatic hydroxyl groups is 1. The van der Waals surface area contributed by atoms with Gasteiger partial charge in [0.25, 0.3) is 0 Å². The number of hydrogen-bond donors (Lipinski definition) is 3. The largest absolute Gasteiger partial charge is 0.480 e. The molecule has 0 unspecified atom stereocenters. The van der Waals surface area contributed by atoms with Gasteiger partial charge in [-0.1, -0.05) is 0 Å². The van der Waals surface area contributed by atoms with Gasteiger partial charge in [-0.25, -0.2) is 9.50 Å². The molecule has 0 bridgehead atoms. The third kappa shape index (κ3) is 3.91. The minimum absolute atomic E-state index is 0.0661. The van der Waals surface area contributed by atoms with Gasteiger partial charge in [0, 0.05) is 29.6 Å². The van der Waals surface area contributed by atoms with E-state index in [1.54, 1.807) is 11.6 Å². The van der Waals surface area contributed by atoms with E-state index in [1.165, 1.54) is 6.33 Å². The summed E-state index contributed by atoms with van der Waals surface area (Å²) >= 11 is 0. The maximum absolute atomic E-state index is 8.92. The Kier molecular flexibility index (Phi) is 5.39. The Balaban J connectivity index is 1.38. The van der Waals surface area contributed by atoms with Gasteiger partial charge in [0.2, 0.25) is 11.8 Å². The van der Waals surface area contributed by atoms with Gasteiger partial charge in [0.1, 0.15) is 12.0 Å². The fourth-order valence-corrected chi connectivity index (χ4v) is 4.19. The molecule has 162 valence electrons. The van der Waals surface area contributed by atoms with Crippen LogP contribution in [-0.2, 0) is 4.74 Å². The molecule has 5 rings (SSSR count). The molecule has 0 spiro atoms. The number of anilines is 1. The summed E-state index contributed by atoms with van der Waals surface area (Å²) in [6, 6.07) is 4.20. The second kappa shape index (κ2) is 8.48. The maximum Gasteiger partial charge on any atom is 0.228 e. The van der Waals surface area contributed by atoms with Crippen LogP contribution in [0, 0.1) is 0 Å². The van der Waals surface area contributed by atoms with Gasteiger partial charge in [-0.15, -0.1) is 0 Å². The van der Waals surface area contributed by atoms with Crippen molar-refractivity contribution in [2.24, 2.45) is 0 Å². The van der Waals surface area contributed by atoms with Crippen molar-refractivity contribution in [1.29, 1.82) is 0 Å². The zero-order chi connectivity index (χ0) is 21.2. The lowest BCUT2D eigenvalue weighted by Crippen LogP contribution is -2.30. The Morgan fingerprint density at radius 2 is 2.10 bits per heavy atom. The molecule has 31 heavy (non-hydrogen) atoms. The summed E-state index contributed by atoms with van der Waals surface area (Å²) in [5.74, 6) is 1.06. The lowest BCUT2D eigenvalue weighted by atomic mass is 9.93. The van der Waals surface area contributed by atoms with Gasteiger partial charge < -0.3 is 24.9 Å². The van der Waals surface area contributed by atoms with E-state index in [0.717, 1.165) is 47.8 Å². The van der Waals surface area contributed by atoms with Crippen LogP contribution in [0.15, 0.2) is 30.9 Å². The second-order valence-electron chi connectivity index (χ2n) is 7.68. The Bertz CT molecular complexity index is 1180. The molecule has 3 N–H and O–H groups in total. The number of methoxy groups -OCH3 is 1. The van der Waals surface area contributed by atoms with Crippen molar-refractivity contribution in [3.8, 4) is 17.0 Å². The number of aliphatic hydroxyl groups excluding tert-OH is 1. The number of aromatic amines is 1. The molecule has 1 saturated carbocycles. The van der Waals surface area contributed by atoms with Crippen LogP contribution >= 0.6 is 0 Å². The van der Waals surface area contributed by atoms with E-state index in [4.69, 9.17) is 14.6 Å². The number of pyridine rings is 1. The van der Waals surface area contributed by atoms with Gasteiger partial charge in [0.05, 0.1) is 31.8 Å². The molecule has 0 aromatic carbocycles. The van der Waals surface area contributed by atoms with Crippen LogP contribution < -0.4 is 10.1 Å². The number of H-pyrrole nitrogens is 1. The highest BCUT2D eigenvalue weighted by Crippen LogP contribution is 2.34. The molecule has 4 heterocycles. The van der Waals surface area contributed by atoms with Crippen LogP contribution in [0.1, 0.15) is 25.7 Å². The molecule has 1 fully saturated rings. The Morgan fingerprint density at radius 1 is 1.23 bits per heavy atom. The number of aromatic nitrogens is 6. The lowest BCUT2D eigenvalue weighted by molar-refractivity contribution is 0.00719. The first-order chi connectivity index (χ1) is 15.2. The molecule has 1 aliphatic carbocycles. The fraction of sp³-hybridized carbons (Fsp3) is 0.429. The molecule has 0 radical (unpaired) electrons. The van der Waals surface area contributed by atoms with Crippen molar-refractivity contribution in [1.82, 2.24) is 29.5 Å². The summed E-state index contributed by atoms with van der Waals surface area (Å²) in [7, 11) is 1.62. The summed E-state index contributed by atoms with van der Waals surface area (Å²) in [6.07, 6.45) is 9.42. The minimum Gasteiger partial charge on any atom is -0.480 e. The Morgan fingerprint density at radius 3 is 2.90 bits per heavy atom. The number of hydrogen-bond acceptors (Lipinski definition) is 8. The second-order valence-corrected chi connectivity index (χ2v) is 7.68. The van der Waals surface area contributed by atoms with Crippen molar-refractivity contribution in [3.05, 3.63) is 30.9 Å². The number of nitrogens with one attached hydrogen (secondary N) is 2. The van der Waals surface area contributed by atoms with Crippen LogP contribution in [0.25, 0.3) is 27.8 Å². The molecule has 0 aliphatic heterocycles. The molecule has 10 nitrogen and oxygen atoms in total. The quantitative estimate of drug-likeness (QED) is 0.414. The maximum atomic E-state index is 8.92. The molecular weight excluding hydrogens is 398 g/mol. The van der Waals surface area contributed by atoms with Crippen LogP contribution in [0.3, 0.4) is 0 Å². The average molecular weight is 423 g/mol. The van der Waals surface area contributed by atoms with Crippen molar-refractivity contribution < 1.29 is 14.6 Å². The Hall–Kier alpha value is -3.24. The van der Waals surface area contributed by atoms with E-state index in [1.807, 2.05) is 24.5 Å². The smallest absolute Gasteiger partial charge is 0.228 e. The molecule has 0 atom stereocenters. The van der Waals surface area contributed by atoms with E-state index in [0.29, 0.717) is 24.1 Å². The first-order valence-electron chi connectivity index (χ1n) is 10.5. The standard InChI is InChI=1S/C21H25N7O3/c1-30-20-18-16(13-2-7-17-23-12-24-28(17)11-13)10-22-19(18)26-21(27-20)25-14-3-5-15(6-4-14)31-9-8-29/h2,7,10-12,14-15,29H,3-6,8-9H2,1H3,(H2,22,25,26,27). The van der Waals surface area contributed by atoms with Gasteiger partial charge in [-0.3, -0.25) is 0 Å². The first-order valence-corrected chi connectivity index (χ1v) is 10.5.